The molecule has 124 valence electrons. The van der Waals surface area contributed by atoms with Gasteiger partial charge in [-0.3, -0.25) is 9.58 Å². The molecule has 23 heavy (non-hydrogen) atoms. The highest BCUT2D eigenvalue weighted by atomic mass is 32.1. The summed E-state index contributed by atoms with van der Waals surface area (Å²) in [6.45, 7) is 3.96. The fourth-order valence-electron chi connectivity index (χ4n) is 3.66. The molecule has 0 aromatic carbocycles. The molecule has 2 aromatic rings. The number of thiazole rings is 1. The number of likely N-dealkylation sites (tertiary alicyclic amines) is 1. The minimum atomic E-state index is 0.0687. The Labute approximate surface area is 140 Å². The topological polar surface area (TPSA) is 55.2 Å². The van der Waals surface area contributed by atoms with Crippen LogP contribution in [0.1, 0.15) is 24.3 Å². The van der Waals surface area contributed by atoms with E-state index in [0.29, 0.717) is 6.04 Å². The molecule has 2 aromatic heterocycles. The van der Waals surface area contributed by atoms with Gasteiger partial charge in [0.05, 0.1) is 36.7 Å². The summed E-state index contributed by atoms with van der Waals surface area (Å²) in [6.07, 6.45) is 9.10. The first kappa shape index (κ1) is 15.1. The van der Waals surface area contributed by atoms with Crippen molar-refractivity contribution in [3.63, 3.8) is 0 Å². The maximum absolute atomic E-state index is 6.23. The first-order chi connectivity index (χ1) is 11.2. The van der Waals surface area contributed by atoms with Gasteiger partial charge >= 0.3 is 0 Å². The summed E-state index contributed by atoms with van der Waals surface area (Å²) < 4.78 is 8.05. The molecule has 2 aliphatic rings. The fourth-order valence-corrected chi connectivity index (χ4v) is 4.32. The summed E-state index contributed by atoms with van der Waals surface area (Å²) in [6, 6.07) is 0.393. The van der Waals surface area contributed by atoms with Crippen molar-refractivity contribution in [3.8, 4) is 0 Å². The van der Waals surface area contributed by atoms with Crippen LogP contribution in [-0.4, -0.2) is 51.0 Å². The van der Waals surface area contributed by atoms with Crippen molar-refractivity contribution < 1.29 is 4.74 Å². The maximum Gasteiger partial charge on any atom is 0.107 e. The van der Waals surface area contributed by atoms with E-state index in [0.717, 1.165) is 51.2 Å². The zero-order valence-corrected chi connectivity index (χ0v) is 14.3. The lowest BCUT2D eigenvalue weighted by Gasteiger charge is -2.38. The molecular weight excluding hydrogens is 310 g/mol. The molecule has 0 unspecified atom stereocenters. The van der Waals surface area contributed by atoms with E-state index in [1.807, 2.05) is 30.3 Å². The smallest absolute Gasteiger partial charge is 0.107 e. The Balaban J connectivity index is 1.29. The number of aryl methyl sites for hydroxylation is 1. The van der Waals surface area contributed by atoms with Gasteiger partial charge in [0.2, 0.25) is 0 Å². The number of nitrogens with one attached hydrogen (secondary N) is 1. The third kappa shape index (κ3) is 3.41. The van der Waals surface area contributed by atoms with Crippen LogP contribution in [0.5, 0.6) is 0 Å². The van der Waals surface area contributed by atoms with Crippen molar-refractivity contribution in [2.75, 3.05) is 25.0 Å². The molecule has 2 fully saturated rings. The Morgan fingerprint density at radius 1 is 1.43 bits per heavy atom. The molecular formula is C16H23N5OS. The Hall–Kier alpha value is -1.44. The monoisotopic (exact) mass is 333 g/mol. The average molecular weight is 333 g/mol. The van der Waals surface area contributed by atoms with Gasteiger partial charge in [-0.1, -0.05) is 0 Å². The van der Waals surface area contributed by atoms with Gasteiger partial charge in [0.1, 0.15) is 5.01 Å². The van der Waals surface area contributed by atoms with E-state index in [-0.39, 0.29) is 5.60 Å². The highest BCUT2D eigenvalue weighted by Gasteiger charge is 2.42. The zero-order chi connectivity index (χ0) is 15.7. The lowest BCUT2D eigenvalue weighted by atomic mass is 9.87. The highest BCUT2D eigenvalue weighted by Crippen LogP contribution is 2.37. The lowest BCUT2D eigenvalue weighted by molar-refractivity contribution is -0.0448. The van der Waals surface area contributed by atoms with E-state index in [1.165, 1.54) is 5.01 Å². The fraction of sp³-hybridized carbons (Fsp3) is 0.625. The van der Waals surface area contributed by atoms with Gasteiger partial charge in [-0.05, 0) is 19.3 Å². The number of piperidine rings is 1. The van der Waals surface area contributed by atoms with Gasteiger partial charge in [-0.15, -0.1) is 11.3 Å². The molecule has 1 spiro atoms. The summed E-state index contributed by atoms with van der Waals surface area (Å²) >= 11 is 1.74. The lowest BCUT2D eigenvalue weighted by Crippen LogP contribution is -2.44. The summed E-state index contributed by atoms with van der Waals surface area (Å²) in [5, 5.41) is 11.0. The molecule has 2 aliphatic heterocycles. The number of ether oxygens (including phenoxy) is 1. The van der Waals surface area contributed by atoms with Crippen LogP contribution in [-0.2, 0) is 18.3 Å². The van der Waals surface area contributed by atoms with Crippen molar-refractivity contribution in [1.82, 2.24) is 19.7 Å². The summed E-state index contributed by atoms with van der Waals surface area (Å²) in [7, 11) is 1.94. The van der Waals surface area contributed by atoms with Crippen LogP contribution in [0.4, 0.5) is 5.69 Å². The second kappa shape index (κ2) is 6.22. The van der Waals surface area contributed by atoms with Crippen molar-refractivity contribution in [3.05, 3.63) is 29.0 Å². The Morgan fingerprint density at radius 3 is 3.00 bits per heavy atom. The second-order valence-electron chi connectivity index (χ2n) is 6.64. The molecule has 0 aliphatic carbocycles. The number of hydrogen-bond donors (Lipinski definition) is 1. The second-order valence-corrected chi connectivity index (χ2v) is 7.62. The normalized spacial score (nSPS) is 24.3. The first-order valence-electron chi connectivity index (χ1n) is 8.21. The molecule has 7 heteroatoms. The van der Waals surface area contributed by atoms with Crippen LogP contribution >= 0.6 is 11.3 Å². The molecule has 4 rings (SSSR count). The number of rotatable bonds is 4. The van der Waals surface area contributed by atoms with E-state index in [2.05, 4.69) is 25.7 Å². The van der Waals surface area contributed by atoms with E-state index in [4.69, 9.17) is 4.74 Å². The Kier molecular flexibility index (Phi) is 4.09. The summed E-state index contributed by atoms with van der Waals surface area (Å²) in [5.74, 6) is 0. The molecule has 2 saturated heterocycles. The van der Waals surface area contributed by atoms with Crippen molar-refractivity contribution in [2.24, 2.45) is 7.05 Å². The average Bonchev–Trinajstić information content (AvgIpc) is 3.26. The van der Waals surface area contributed by atoms with Crippen LogP contribution in [0.3, 0.4) is 0 Å². The Morgan fingerprint density at radius 2 is 2.30 bits per heavy atom. The maximum atomic E-state index is 6.23. The van der Waals surface area contributed by atoms with Crippen molar-refractivity contribution in [2.45, 2.75) is 37.5 Å². The third-order valence-electron chi connectivity index (χ3n) is 4.89. The van der Waals surface area contributed by atoms with E-state index < -0.39 is 0 Å². The predicted octanol–water partition coefficient (Wildman–Crippen LogP) is 2.11. The number of nitrogens with zero attached hydrogens (tertiary/aromatic N) is 4. The van der Waals surface area contributed by atoms with Crippen LogP contribution in [0, 0.1) is 0 Å². The molecule has 1 N–H and O–H groups in total. The van der Waals surface area contributed by atoms with Gasteiger partial charge in [0, 0.05) is 37.9 Å². The summed E-state index contributed by atoms with van der Waals surface area (Å²) in [5.41, 5.74) is 1.15. The molecule has 0 bridgehead atoms. The van der Waals surface area contributed by atoms with E-state index in [1.54, 1.807) is 11.3 Å². The molecule has 0 amide bonds. The number of hydrogen-bond acceptors (Lipinski definition) is 6. The van der Waals surface area contributed by atoms with Crippen LogP contribution in [0.2, 0.25) is 0 Å². The zero-order valence-electron chi connectivity index (χ0n) is 13.4. The first-order valence-corrected chi connectivity index (χ1v) is 9.09. The molecule has 6 nitrogen and oxygen atoms in total. The quantitative estimate of drug-likeness (QED) is 0.929. The molecule has 0 radical (unpaired) electrons. The van der Waals surface area contributed by atoms with Gasteiger partial charge in [-0.2, -0.15) is 5.10 Å². The van der Waals surface area contributed by atoms with Gasteiger partial charge < -0.3 is 10.1 Å². The minimum Gasteiger partial charge on any atom is -0.377 e. The van der Waals surface area contributed by atoms with Crippen LogP contribution in [0.25, 0.3) is 0 Å². The third-order valence-corrected chi connectivity index (χ3v) is 5.66. The van der Waals surface area contributed by atoms with Gasteiger partial charge in [0.15, 0.2) is 0 Å². The molecule has 1 atom stereocenters. The highest BCUT2D eigenvalue weighted by molar-refractivity contribution is 7.09. The largest absolute Gasteiger partial charge is 0.377 e. The number of aromatic nitrogens is 3. The standard InChI is InChI=1S/C16H23N5OS/c1-20-10-14(9-18-20)19-13-8-16(22-12-13)2-5-21(6-3-16)11-15-17-4-7-23-15/h4,7,9-10,13,19H,2-3,5-6,8,11-12H2,1H3/t13-/m0/s1. The van der Waals surface area contributed by atoms with Crippen LogP contribution < -0.4 is 5.32 Å². The van der Waals surface area contributed by atoms with E-state index in [9.17, 15) is 0 Å². The Bertz CT molecular complexity index is 633. The molecule has 4 heterocycles. The minimum absolute atomic E-state index is 0.0687. The predicted molar refractivity (Wildman–Crippen MR) is 90.5 cm³/mol. The SMILES string of the molecule is Cn1cc(N[C@@H]2COC3(CCN(Cc4nccs4)CC3)C2)cn1. The number of anilines is 1. The van der Waals surface area contributed by atoms with Crippen molar-refractivity contribution >= 4 is 17.0 Å². The summed E-state index contributed by atoms with van der Waals surface area (Å²) in [4.78, 5) is 6.88. The van der Waals surface area contributed by atoms with Gasteiger partial charge in [0.25, 0.3) is 0 Å². The van der Waals surface area contributed by atoms with Crippen LogP contribution in [0.15, 0.2) is 24.0 Å². The molecule has 0 saturated carbocycles. The van der Waals surface area contributed by atoms with Crippen molar-refractivity contribution in [1.29, 1.82) is 0 Å². The van der Waals surface area contributed by atoms with E-state index >= 15 is 0 Å². The van der Waals surface area contributed by atoms with Gasteiger partial charge in [-0.25, -0.2) is 4.98 Å².